The van der Waals surface area contributed by atoms with Crippen LogP contribution in [-0.2, 0) is 52.4 Å². The van der Waals surface area contributed by atoms with E-state index in [1.807, 2.05) is 34.6 Å². The lowest BCUT2D eigenvalue weighted by Crippen LogP contribution is -2.59. The third-order valence-corrected chi connectivity index (χ3v) is 18.6. The molecule has 1 aliphatic heterocycles. The molecule has 1 heterocycles. The SMILES string of the molecule is CCC(C)(CC(C)(C)C(=O)OCCCS(=O)(=O)OCC(C)(C)C)C(=O)OC1(C)CCOC(=O)C1.CCCC(C)C1CCC2C3CCC4CC[C@@H](OC(=O)C(C)CC)C[C@]4(C)C3C[C@H](O)[C@]12C. The number of hydrogen-bond donors (Lipinski definition) is 1. The summed E-state index contributed by atoms with van der Waals surface area (Å²) in [7, 11) is -3.70. The van der Waals surface area contributed by atoms with Crippen LogP contribution in [0.2, 0.25) is 0 Å². The summed E-state index contributed by atoms with van der Waals surface area (Å²) < 4.78 is 51.0. The monoisotopic (exact) mass is 953 g/mol. The zero-order valence-corrected chi connectivity index (χ0v) is 44.5. The second kappa shape index (κ2) is 22.2. The molecule has 0 amide bonds. The Kier molecular flexibility index (Phi) is 19.0. The number of hydrogen-bond acceptors (Lipinski definition) is 12. The van der Waals surface area contributed by atoms with Crippen LogP contribution in [0, 0.1) is 68.5 Å². The minimum absolute atomic E-state index is 0.00243. The molecule has 0 spiro atoms. The van der Waals surface area contributed by atoms with Gasteiger partial charge in [-0.15, -0.1) is 0 Å². The second-order valence-electron chi connectivity index (χ2n) is 24.4. The molecule has 1 saturated heterocycles. The van der Waals surface area contributed by atoms with E-state index >= 15 is 0 Å². The Bertz CT molecular complexity index is 1770. The molecule has 4 aliphatic carbocycles. The summed E-state index contributed by atoms with van der Waals surface area (Å²) in [6, 6.07) is 0. The highest BCUT2D eigenvalue weighted by molar-refractivity contribution is 7.86. The summed E-state index contributed by atoms with van der Waals surface area (Å²) in [6.07, 6.45) is 13.9. The maximum Gasteiger partial charge on any atom is 0.312 e. The van der Waals surface area contributed by atoms with Gasteiger partial charge in [-0.1, -0.05) is 82.1 Å². The number of cyclic esters (lactones) is 1. The molecule has 13 atom stereocenters. The molecule has 66 heavy (non-hydrogen) atoms. The van der Waals surface area contributed by atoms with E-state index < -0.39 is 44.5 Å². The summed E-state index contributed by atoms with van der Waals surface area (Å²) in [4.78, 5) is 50.0. The van der Waals surface area contributed by atoms with Crippen molar-refractivity contribution in [3.05, 3.63) is 0 Å². The lowest BCUT2D eigenvalue weighted by molar-refractivity contribution is -0.186. The number of rotatable bonds is 18. The van der Waals surface area contributed by atoms with Crippen molar-refractivity contribution in [3.63, 3.8) is 0 Å². The third kappa shape index (κ3) is 13.5. The van der Waals surface area contributed by atoms with E-state index in [0.29, 0.717) is 36.5 Å². The van der Waals surface area contributed by atoms with E-state index in [0.717, 1.165) is 37.5 Å². The fourth-order valence-corrected chi connectivity index (χ4v) is 14.1. The minimum atomic E-state index is -3.70. The standard InChI is InChI=1S/C29H50O3.C24H42O9S/c1-7-9-19(4)23-14-15-24-22-13-11-20-10-12-21(32-27(31)18(3)8-2)17-28(20,5)25(22)16-26(30)29(23,24)6;1-9-23(7,20(27)33-24(8)11-13-30-18(25)15-24)16-22(5,6)19(26)31-12-10-14-34(28,29)32-17-21(2,3)4/h18-26,30H,7-17H2,1-6H3;9-17H2,1-8H3/t18?,19?,20?,21-,22?,23?,24?,25?,26+,28+,29-;/m1./s1. The van der Waals surface area contributed by atoms with Crippen molar-refractivity contribution in [1.29, 1.82) is 0 Å². The van der Waals surface area contributed by atoms with E-state index in [-0.39, 0.29) is 85.2 Å². The minimum Gasteiger partial charge on any atom is -0.465 e. The Morgan fingerprint density at radius 1 is 0.909 bits per heavy atom. The molecule has 0 aromatic heterocycles. The Hall–Kier alpha value is -2.25. The van der Waals surface area contributed by atoms with Crippen LogP contribution in [0.1, 0.15) is 200 Å². The van der Waals surface area contributed by atoms with Crippen molar-refractivity contribution in [2.75, 3.05) is 25.6 Å². The van der Waals surface area contributed by atoms with Gasteiger partial charge in [-0.2, -0.15) is 8.42 Å². The van der Waals surface area contributed by atoms with Crippen molar-refractivity contribution < 1.29 is 55.8 Å². The van der Waals surface area contributed by atoms with E-state index in [1.54, 1.807) is 27.7 Å². The molecule has 0 aromatic carbocycles. The zero-order valence-electron chi connectivity index (χ0n) is 43.7. The van der Waals surface area contributed by atoms with Crippen molar-refractivity contribution in [2.24, 2.45) is 68.5 Å². The maximum atomic E-state index is 13.1. The van der Waals surface area contributed by atoms with Gasteiger partial charge in [0.05, 0.1) is 54.8 Å². The topological polar surface area (TPSA) is 169 Å². The molecule has 1 N–H and O–H groups in total. The molecular formula is C53H92O12S. The molecule has 5 rings (SSSR count). The van der Waals surface area contributed by atoms with Crippen LogP contribution in [0.5, 0.6) is 0 Å². The predicted octanol–water partition coefficient (Wildman–Crippen LogP) is 10.8. The van der Waals surface area contributed by atoms with Gasteiger partial charge in [0.1, 0.15) is 11.7 Å². The Labute approximate surface area is 400 Å². The lowest BCUT2D eigenvalue weighted by atomic mass is 9.43. The first-order valence-electron chi connectivity index (χ1n) is 25.8. The van der Waals surface area contributed by atoms with Gasteiger partial charge in [0.25, 0.3) is 10.1 Å². The second-order valence-corrected chi connectivity index (χ2v) is 26.2. The first-order valence-corrected chi connectivity index (χ1v) is 27.4. The number of fused-ring (bicyclic) bond motifs is 5. The molecule has 0 bridgehead atoms. The summed E-state index contributed by atoms with van der Waals surface area (Å²) >= 11 is 0. The van der Waals surface area contributed by atoms with Crippen LogP contribution in [-0.4, -0.2) is 80.8 Å². The molecule has 0 aromatic rings. The highest BCUT2D eigenvalue weighted by Crippen LogP contribution is 2.68. The molecule has 12 nitrogen and oxygen atoms in total. The van der Waals surface area contributed by atoms with Crippen molar-refractivity contribution >= 4 is 34.0 Å². The van der Waals surface area contributed by atoms with Gasteiger partial charge in [-0.25, -0.2) is 0 Å². The van der Waals surface area contributed by atoms with Gasteiger partial charge in [0, 0.05) is 6.42 Å². The van der Waals surface area contributed by atoms with Gasteiger partial charge in [0.2, 0.25) is 0 Å². The molecule has 9 unspecified atom stereocenters. The van der Waals surface area contributed by atoms with Crippen LogP contribution in [0.15, 0.2) is 0 Å². The highest BCUT2D eigenvalue weighted by Gasteiger charge is 2.64. The normalized spacial score (nSPS) is 34.1. The Morgan fingerprint density at radius 3 is 2.18 bits per heavy atom. The first kappa shape index (κ1) is 56.3. The number of carbonyl (C=O) groups excluding carboxylic acids is 4. The van der Waals surface area contributed by atoms with Crippen LogP contribution < -0.4 is 0 Å². The Morgan fingerprint density at radius 2 is 1.58 bits per heavy atom. The third-order valence-electron chi connectivity index (χ3n) is 17.3. The van der Waals surface area contributed by atoms with Crippen molar-refractivity contribution in [3.8, 4) is 0 Å². The Balaban J connectivity index is 0.000000289. The molecule has 382 valence electrons. The van der Waals surface area contributed by atoms with Gasteiger partial charge >= 0.3 is 23.9 Å². The molecule has 0 radical (unpaired) electrons. The molecule has 13 heteroatoms. The number of carbonyl (C=O) groups is 4. The quantitative estimate of drug-likeness (QED) is 0.0598. The first-order chi connectivity index (χ1) is 30.5. The van der Waals surface area contributed by atoms with Crippen LogP contribution in [0.25, 0.3) is 0 Å². The van der Waals surface area contributed by atoms with Gasteiger partial charge in [-0.3, -0.25) is 23.4 Å². The fourth-order valence-electron chi connectivity index (χ4n) is 13.0. The molecular weight excluding hydrogens is 861 g/mol. The molecule has 5 aliphatic rings. The number of aliphatic hydroxyl groups is 1. The average molecular weight is 953 g/mol. The van der Waals surface area contributed by atoms with Gasteiger partial charge < -0.3 is 24.1 Å². The maximum absolute atomic E-state index is 13.1. The predicted molar refractivity (Wildman–Crippen MR) is 256 cm³/mol. The van der Waals surface area contributed by atoms with Crippen LogP contribution in [0.4, 0.5) is 0 Å². The fraction of sp³-hybridized carbons (Fsp3) is 0.925. The van der Waals surface area contributed by atoms with E-state index in [2.05, 4.69) is 34.6 Å². The van der Waals surface area contributed by atoms with E-state index in [4.69, 9.17) is 23.1 Å². The van der Waals surface area contributed by atoms with Gasteiger partial charge in [-0.05, 0) is 156 Å². The molecule has 5 fully saturated rings. The average Bonchev–Trinajstić information content (AvgIpc) is 3.59. The summed E-state index contributed by atoms with van der Waals surface area (Å²) in [5, 5.41) is 11.7. The van der Waals surface area contributed by atoms with Gasteiger partial charge in [0.15, 0.2) is 0 Å². The van der Waals surface area contributed by atoms with E-state index in [9.17, 15) is 32.7 Å². The summed E-state index contributed by atoms with van der Waals surface area (Å²) in [5.41, 5.74) is -2.91. The van der Waals surface area contributed by atoms with Crippen molar-refractivity contribution in [1.82, 2.24) is 0 Å². The van der Waals surface area contributed by atoms with Crippen LogP contribution >= 0.6 is 0 Å². The smallest absolute Gasteiger partial charge is 0.312 e. The summed E-state index contributed by atoms with van der Waals surface area (Å²) in [6.45, 7) is 28.2. The molecule has 4 saturated carbocycles. The highest BCUT2D eigenvalue weighted by atomic mass is 32.2. The summed E-state index contributed by atoms with van der Waals surface area (Å²) in [5.74, 6) is 2.44. The van der Waals surface area contributed by atoms with Crippen molar-refractivity contribution in [2.45, 2.75) is 217 Å². The largest absolute Gasteiger partial charge is 0.465 e. The number of ether oxygens (including phenoxy) is 4. The van der Waals surface area contributed by atoms with E-state index in [1.165, 1.54) is 44.9 Å². The zero-order chi connectivity index (χ0) is 49.7. The lowest BCUT2D eigenvalue weighted by Gasteiger charge is -2.62. The van der Waals surface area contributed by atoms with Crippen LogP contribution in [0.3, 0.4) is 0 Å². The number of aliphatic hydroxyl groups excluding tert-OH is 1. The number of esters is 4.